The standard InChI is InChI=1S/C31H33N7O3/c1-38(2)25-14-12-22(13-15-25)29(39)33-16-7-17-34-31(41)27-28(32)35-20-26(37-27)23-10-6-11-24(18-23)30(40)36-19-21-8-4-3-5-9-21/h3-6,8-15,18,20H,7,16-17,19H2,1-2H3,(H2,32,35)(H,33,39)(H,34,41)(H,36,40). The van der Waals surface area contributed by atoms with E-state index < -0.39 is 5.91 Å². The number of amides is 3. The Balaban J connectivity index is 1.30. The van der Waals surface area contributed by atoms with E-state index >= 15 is 0 Å². The number of carbonyl (C=O) groups is 3. The van der Waals surface area contributed by atoms with Crippen molar-refractivity contribution in [2.45, 2.75) is 13.0 Å². The van der Waals surface area contributed by atoms with Gasteiger partial charge in [0, 0.05) is 56.1 Å². The molecule has 0 atom stereocenters. The van der Waals surface area contributed by atoms with Crippen molar-refractivity contribution in [2.24, 2.45) is 0 Å². The number of anilines is 2. The molecule has 1 aromatic heterocycles. The summed E-state index contributed by atoms with van der Waals surface area (Å²) in [6.07, 6.45) is 1.98. The van der Waals surface area contributed by atoms with Crippen LogP contribution in [0.25, 0.3) is 11.3 Å². The van der Waals surface area contributed by atoms with Crippen LogP contribution in [0.2, 0.25) is 0 Å². The predicted octanol–water partition coefficient (Wildman–Crippen LogP) is 3.27. The fourth-order valence-electron chi connectivity index (χ4n) is 3.99. The second-order valence-electron chi connectivity index (χ2n) is 9.54. The van der Waals surface area contributed by atoms with Crippen molar-refractivity contribution in [3.8, 4) is 11.3 Å². The van der Waals surface area contributed by atoms with Crippen LogP contribution in [0, 0.1) is 0 Å². The Labute approximate surface area is 239 Å². The van der Waals surface area contributed by atoms with E-state index in [2.05, 4.69) is 25.9 Å². The quantitative estimate of drug-likeness (QED) is 0.210. The number of nitrogens with two attached hydrogens (primary N) is 1. The number of hydrogen-bond acceptors (Lipinski definition) is 7. The zero-order chi connectivity index (χ0) is 29.2. The molecule has 10 heteroatoms. The molecule has 0 unspecified atom stereocenters. The van der Waals surface area contributed by atoms with E-state index in [9.17, 15) is 14.4 Å². The molecule has 210 valence electrons. The Morgan fingerprint density at radius 1 is 0.780 bits per heavy atom. The predicted molar refractivity (Wildman–Crippen MR) is 160 cm³/mol. The average molecular weight is 552 g/mol. The SMILES string of the molecule is CN(C)c1ccc(C(=O)NCCCNC(=O)c2nc(-c3cccc(C(=O)NCc4ccccc4)c3)cnc2N)cc1. The molecular formula is C31H33N7O3. The number of rotatable bonds is 11. The second kappa shape index (κ2) is 13.7. The summed E-state index contributed by atoms with van der Waals surface area (Å²) in [7, 11) is 3.87. The second-order valence-corrected chi connectivity index (χ2v) is 9.54. The van der Waals surface area contributed by atoms with E-state index in [1.807, 2.05) is 61.5 Å². The number of nitrogens with one attached hydrogen (secondary N) is 3. The van der Waals surface area contributed by atoms with Crippen molar-refractivity contribution in [1.29, 1.82) is 0 Å². The third-order valence-electron chi connectivity index (χ3n) is 6.30. The molecule has 4 rings (SSSR count). The highest BCUT2D eigenvalue weighted by molar-refractivity contribution is 5.97. The zero-order valence-corrected chi connectivity index (χ0v) is 23.1. The Morgan fingerprint density at radius 2 is 1.46 bits per heavy atom. The molecule has 0 aliphatic heterocycles. The summed E-state index contributed by atoms with van der Waals surface area (Å²) in [5.74, 6) is -0.883. The molecule has 0 radical (unpaired) electrons. The highest BCUT2D eigenvalue weighted by atomic mass is 16.2. The monoisotopic (exact) mass is 551 g/mol. The summed E-state index contributed by atoms with van der Waals surface area (Å²) in [6.45, 7) is 1.10. The van der Waals surface area contributed by atoms with Crippen LogP contribution >= 0.6 is 0 Å². The first kappa shape index (κ1) is 28.8. The van der Waals surface area contributed by atoms with Crippen LogP contribution in [-0.2, 0) is 6.54 Å². The molecular weight excluding hydrogens is 518 g/mol. The van der Waals surface area contributed by atoms with Gasteiger partial charge in [-0.1, -0.05) is 42.5 Å². The molecule has 0 bridgehead atoms. The number of nitrogens with zero attached hydrogens (tertiary/aromatic N) is 3. The van der Waals surface area contributed by atoms with Crippen molar-refractivity contribution >= 4 is 29.2 Å². The molecule has 0 fully saturated rings. The summed E-state index contributed by atoms with van der Waals surface area (Å²) >= 11 is 0. The van der Waals surface area contributed by atoms with Crippen molar-refractivity contribution in [3.05, 3.63) is 107 Å². The van der Waals surface area contributed by atoms with Gasteiger partial charge in [0.1, 0.15) is 0 Å². The maximum Gasteiger partial charge on any atom is 0.273 e. The molecule has 4 aromatic rings. The van der Waals surface area contributed by atoms with Crippen LogP contribution in [0.5, 0.6) is 0 Å². The van der Waals surface area contributed by atoms with Crippen molar-refractivity contribution in [1.82, 2.24) is 25.9 Å². The fourth-order valence-corrected chi connectivity index (χ4v) is 3.99. The molecule has 0 spiro atoms. The minimum absolute atomic E-state index is 0.00233. The lowest BCUT2D eigenvalue weighted by Gasteiger charge is -2.12. The highest BCUT2D eigenvalue weighted by Gasteiger charge is 2.15. The molecule has 5 N–H and O–H groups in total. The van der Waals surface area contributed by atoms with E-state index in [4.69, 9.17) is 5.73 Å². The van der Waals surface area contributed by atoms with Crippen LogP contribution in [0.15, 0.2) is 85.1 Å². The maximum absolute atomic E-state index is 12.8. The highest BCUT2D eigenvalue weighted by Crippen LogP contribution is 2.20. The summed E-state index contributed by atoms with van der Waals surface area (Å²) in [4.78, 5) is 48.4. The molecule has 3 amide bonds. The van der Waals surface area contributed by atoms with Crippen LogP contribution in [-0.4, -0.2) is 54.9 Å². The summed E-state index contributed by atoms with van der Waals surface area (Å²) in [5.41, 5.74) is 10.0. The van der Waals surface area contributed by atoms with Crippen LogP contribution in [0.3, 0.4) is 0 Å². The minimum Gasteiger partial charge on any atom is -0.382 e. The van der Waals surface area contributed by atoms with Gasteiger partial charge < -0.3 is 26.6 Å². The van der Waals surface area contributed by atoms with Crippen molar-refractivity contribution in [2.75, 3.05) is 37.8 Å². The largest absolute Gasteiger partial charge is 0.382 e. The number of hydrogen-bond donors (Lipinski definition) is 4. The summed E-state index contributed by atoms with van der Waals surface area (Å²) in [6, 6.07) is 23.9. The van der Waals surface area contributed by atoms with E-state index in [0.717, 1.165) is 11.3 Å². The average Bonchev–Trinajstić information content (AvgIpc) is 3.00. The first-order valence-corrected chi connectivity index (χ1v) is 13.2. The molecule has 3 aromatic carbocycles. The van der Waals surface area contributed by atoms with Gasteiger partial charge in [0.25, 0.3) is 17.7 Å². The molecule has 0 aliphatic carbocycles. The van der Waals surface area contributed by atoms with Crippen LogP contribution in [0.4, 0.5) is 11.5 Å². The number of aromatic nitrogens is 2. The molecule has 0 saturated carbocycles. The van der Waals surface area contributed by atoms with Gasteiger partial charge in [0.15, 0.2) is 11.5 Å². The Bertz CT molecular complexity index is 1510. The van der Waals surface area contributed by atoms with Gasteiger partial charge >= 0.3 is 0 Å². The molecule has 10 nitrogen and oxygen atoms in total. The lowest BCUT2D eigenvalue weighted by Crippen LogP contribution is -2.31. The zero-order valence-electron chi connectivity index (χ0n) is 23.1. The first-order chi connectivity index (χ1) is 19.8. The number of nitrogen functional groups attached to an aromatic ring is 1. The van der Waals surface area contributed by atoms with Gasteiger partial charge in [-0.2, -0.15) is 0 Å². The third-order valence-corrected chi connectivity index (χ3v) is 6.30. The third kappa shape index (κ3) is 7.89. The van der Waals surface area contributed by atoms with E-state index in [1.165, 1.54) is 6.20 Å². The van der Waals surface area contributed by atoms with Crippen molar-refractivity contribution < 1.29 is 14.4 Å². The lowest BCUT2D eigenvalue weighted by atomic mass is 10.1. The van der Waals surface area contributed by atoms with Gasteiger partial charge in [0.05, 0.1) is 11.9 Å². The topological polar surface area (TPSA) is 142 Å². The van der Waals surface area contributed by atoms with Crippen LogP contribution in [0.1, 0.15) is 43.2 Å². The molecule has 1 heterocycles. The van der Waals surface area contributed by atoms with Crippen molar-refractivity contribution in [3.63, 3.8) is 0 Å². The molecule has 0 saturated heterocycles. The molecule has 0 aliphatic rings. The molecule has 41 heavy (non-hydrogen) atoms. The smallest absolute Gasteiger partial charge is 0.273 e. The minimum atomic E-state index is -0.473. The number of benzene rings is 3. The Morgan fingerprint density at radius 3 is 2.17 bits per heavy atom. The number of carbonyl (C=O) groups excluding carboxylic acids is 3. The van der Waals surface area contributed by atoms with Gasteiger partial charge in [-0.25, -0.2) is 9.97 Å². The van der Waals surface area contributed by atoms with Gasteiger partial charge in [-0.05, 0) is 48.4 Å². The fraction of sp³-hybridized carbons (Fsp3) is 0.194. The van der Waals surface area contributed by atoms with E-state index in [0.29, 0.717) is 48.4 Å². The van der Waals surface area contributed by atoms with Gasteiger partial charge in [-0.15, -0.1) is 0 Å². The maximum atomic E-state index is 12.8. The summed E-state index contributed by atoms with van der Waals surface area (Å²) < 4.78 is 0. The van der Waals surface area contributed by atoms with Crippen LogP contribution < -0.4 is 26.6 Å². The normalized spacial score (nSPS) is 10.5. The summed E-state index contributed by atoms with van der Waals surface area (Å²) in [5, 5.41) is 8.52. The van der Waals surface area contributed by atoms with E-state index in [1.54, 1.807) is 36.4 Å². The van der Waals surface area contributed by atoms with Gasteiger partial charge in [-0.3, -0.25) is 14.4 Å². The Kier molecular flexibility index (Phi) is 9.61. The first-order valence-electron chi connectivity index (χ1n) is 13.2. The lowest BCUT2D eigenvalue weighted by molar-refractivity contribution is 0.0938. The van der Waals surface area contributed by atoms with E-state index in [-0.39, 0.29) is 23.3 Å². The van der Waals surface area contributed by atoms with Gasteiger partial charge in [0.2, 0.25) is 0 Å². The Hall–Kier alpha value is -5.25.